The van der Waals surface area contributed by atoms with Gasteiger partial charge in [0.25, 0.3) is 5.91 Å². The lowest BCUT2D eigenvalue weighted by Crippen LogP contribution is -2.52. The quantitative estimate of drug-likeness (QED) is 0.198. The molecule has 2 atom stereocenters. The van der Waals surface area contributed by atoms with Gasteiger partial charge in [-0.25, -0.2) is 9.37 Å². The number of rotatable bonds is 14. The van der Waals surface area contributed by atoms with Gasteiger partial charge in [-0.2, -0.15) is 0 Å². The van der Waals surface area contributed by atoms with Gasteiger partial charge in [-0.05, 0) is 97.3 Å². The monoisotopic (exact) mass is 666 g/mol. The van der Waals surface area contributed by atoms with Crippen LogP contribution in [0, 0.1) is 32.5 Å². The Balaban J connectivity index is 1.56. The lowest BCUT2D eigenvalue weighted by atomic mass is 9.90. The van der Waals surface area contributed by atoms with Crippen molar-refractivity contribution in [2.75, 3.05) is 26.7 Å². The first-order valence-electron chi connectivity index (χ1n) is 15.9. The van der Waals surface area contributed by atoms with Crippen LogP contribution in [0.25, 0.3) is 11.1 Å². The largest absolute Gasteiger partial charge is 0.481 e. The van der Waals surface area contributed by atoms with Crippen LogP contribution < -0.4 is 10.6 Å². The third kappa shape index (κ3) is 9.37. The van der Waals surface area contributed by atoms with Crippen LogP contribution in [0.15, 0.2) is 42.5 Å². The van der Waals surface area contributed by atoms with Crippen molar-refractivity contribution >= 4 is 29.4 Å². The van der Waals surface area contributed by atoms with E-state index in [-0.39, 0.29) is 29.7 Å². The lowest BCUT2D eigenvalue weighted by Gasteiger charge is -2.38. The summed E-state index contributed by atoms with van der Waals surface area (Å²) >= 11 is 6.24. The van der Waals surface area contributed by atoms with Gasteiger partial charge in [-0.15, -0.1) is 0 Å². The SMILES string of the molecule is COC1CN(CCc2cccc(C(=O)N[C@@H](CC(C)C)C(=O)N[C@@H](CC(=O)O)c3cc(-c4c(C)cc(Cl)cc4C)cc(C)c3F)n2)C1. The molecule has 1 aromatic heterocycles. The first-order valence-corrected chi connectivity index (χ1v) is 16.2. The number of carboxylic acids is 1. The van der Waals surface area contributed by atoms with Crippen LogP contribution in [-0.2, 0) is 20.7 Å². The van der Waals surface area contributed by atoms with Crippen LogP contribution in [0.5, 0.6) is 0 Å². The molecule has 0 unspecified atom stereocenters. The Bertz CT molecular complexity index is 1600. The Kier molecular flexibility index (Phi) is 12.1. The summed E-state index contributed by atoms with van der Waals surface area (Å²) in [5.41, 5.74) is 4.57. The number of hydrogen-bond donors (Lipinski definition) is 3. The minimum atomic E-state index is -1.21. The van der Waals surface area contributed by atoms with Crippen molar-refractivity contribution in [2.45, 2.75) is 72.1 Å². The molecule has 9 nitrogen and oxygen atoms in total. The second-order valence-electron chi connectivity index (χ2n) is 12.8. The zero-order valence-electron chi connectivity index (χ0n) is 27.8. The summed E-state index contributed by atoms with van der Waals surface area (Å²) in [6.45, 7) is 11.7. The van der Waals surface area contributed by atoms with Crippen LogP contribution in [0.4, 0.5) is 4.39 Å². The predicted molar refractivity (Wildman–Crippen MR) is 180 cm³/mol. The van der Waals surface area contributed by atoms with E-state index in [0.717, 1.165) is 42.0 Å². The molecule has 2 heterocycles. The Morgan fingerprint density at radius 3 is 2.36 bits per heavy atom. The zero-order chi connectivity index (χ0) is 34.4. The fourth-order valence-corrected chi connectivity index (χ4v) is 6.38. The van der Waals surface area contributed by atoms with E-state index in [1.54, 1.807) is 38.3 Å². The first-order chi connectivity index (χ1) is 22.2. The van der Waals surface area contributed by atoms with E-state index in [1.807, 2.05) is 45.9 Å². The molecule has 1 aliphatic heterocycles. The number of benzene rings is 2. The number of methoxy groups -OCH3 is 1. The van der Waals surface area contributed by atoms with E-state index in [2.05, 4.69) is 20.5 Å². The number of aromatic nitrogens is 1. The lowest BCUT2D eigenvalue weighted by molar-refractivity contribution is -0.137. The maximum atomic E-state index is 15.7. The number of carbonyl (C=O) groups excluding carboxylic acids is 2. The summed E-state index contributed by atoms with van der Waals surface area (Å²) in [4.78, 5) is 45.9. The molecule has 3 N–H and O–H groups in total. The van der Waals surface area contributed by atoms with Gasteiger partial charge in [-0.1, -0.05) is 31.5 Å². The molecule has 1 fully saturated rings. The van der Waals surface area contributed by atoms with Gasteiger partial charge in [-0.3, -0.25) is 19.3 Å². The Morgan fingerprint density at radius 2 is 1.74 bits per heavy atom. The molecule has 2 aromatic carbocycles. The number of aliphatic carboxylic acids is 1. The molecule has 0 aliphatic carbocycles. The number of likely N-dealkylation sites (tertiary alicyclic amines) is 1. The summed E-state index contributed by atoms with van der Waals surface area (Å²) in [6, 6.07) is 9.90. The molecule has 0 spiro atoms. The number of nitrogens with zero attached hydrogens (tertiary/aromatic N) is 2. The summed E-state index contributed by atoms with van der Waals surface area (Å²) in [6.07, 6.45) is 0.625. The molecule has 4 rings (SSSR count). The van der Waals surface area contributed by atoms with Gasteiger partial charge in [0.1, 0.15) is 17.6 Å². The van der Waals surface area contributed by atoms with Crippen LogP contribution in [0.3, 0.4) is 0 Å². The highest BCUT2D eigenvalue weighted by atomic mass is 35.5. The van der Waals surface area contributed by atoms with Gasteiger partial charge < -0.3 is 20.5 Å². The van der Waals surface area contributed by atoms with Crippen LogP contribution in [0.1, 0.15) is 71.2 Å². The van der Waals surface area contributed by atoms with Crippen LogP contribution in [0.2, 0.25) is 5.02 Å². The number of amides is 2. The minimum Gasteiger partial charge on any atom is -0.481 e. The molecule has 11 heteroatoms. The number of carboxylic acid groups (broad SMARTS) is 1. The zero-order valence-corrected chi connectivity index (χ0v) is 28.6. The summed E-state index contributed by atoms with van der Waals surface area (Å²) in [5.74, 6) is -2.94. The second kappa shape index (κ2) is 15.8. The topological polar surface area (TPSA) is 121 Å². The molecule has 3 aromatic rings. The number of carbonyl (C=O) groups is 3. The normalized spacial score (nSPS) is 14.8. The van der Waals surface area contributed by atoms with E-state index in [9.17, 15) is 19.5 Å². The van der Waals surface area contributed by atoms with Crippen molar-refractivity contribution in [3.05, 3.63) is 86.9 Å². The Morgan fingerprint density at radius 1 is 1.06 bits per heavy atom. The standard InChI is InChI=1S/C36H44ClFN4O5/c1-20(2)12-31(41-35(45)29-9-7-8-26(39-29)10-11-42-18-27(19-42)47-6)36(46)40-30(17-32(43)44)28-16-24(13-23(5)34(28)38)33-21(3)14-25(37)15-22(33)4/h7-9,13-16,20,27,30-31H,10-12,17-19H2,1-6H3,(H,40,46)(H,41,45)(H,43,44)/t30-,31-/m0/s1. The molecule has 1 aliphatic rings. The minimum absolute atomic E-state index is 0.00823. The maximum absolute atomic E-state index is 15.7. The van der Waals surface area contributed by atoms with E-state index in [4.69, 9.17) is 16.3 Å². The third-order valence-corrected chi connectivity index (χ3v) is 8.67. The highest BCUT2D eigenvalue weighted by molar-refractivity contribution is 6.30. The van der Waals surface area contributed by atoms with Crippen molar-refractivity contribution in [1.29, 1.82) is 0 Å². The Labute approximate surface area is 280 Å². The fourth-order valence-electron chi connectivity index (χ4n) is 6.05. The number of halogens is 2. The van der Waals surface area contributed by atoms with Crippen LogP contribution in [-0.4, -0.2) is 71.7 Å². The fraction of sp³-hybridized carbons (Fsp3) is 0.444. The van der Waals surface area contributed by atoms with Crippen molar-refractivity contribution in [3.63, 3.8) is 0 Å². The molecule has 0 radical (unpaired) electrons. The molecule has 1 saturated heterocycles. The predicted octanol–water partition coefficient (Wildman–Crippen LogP) is 5.82. The van der Waals surface area contributed by atoms with Crippen molar-refractivity contribution in [3.8, 4) is 11.1 Å². The maximum Gasteiger partial charge on any atom is 0.305 e. The van der Waals surface area contributed by atoms with E-state index in [1.165, 1.54) is 0 Å². The summed E-state index contributed by atoms with van der Waals surface area (Å²) in [7, 11) is 1.70. The molecule has 2 amide bonds. The van der Waals surface area contributed by atoms with Gasteiger partial charge in [0, 0.05) is 49.4 Å². The van der Waals surface area contributed by atoms with Gasteiger partial charge in [0.15, 0.2) is 0 Å². The second-order valence-corrected chi connectivity index (χ2v) is 13.2. The number of nitrogens with one attached hydrogen (secondary N) is 2. The van der Waals surface area contributed by atoms with Crippen molar-refractivity contribution in [1.82, 2.24) is 20.5 Å². The van der Waals surface area contributed by atoms with Crippen molar-refractivity contribution < 1.29 is 28.6 Å². The third-order valence-electron chi connectivity index (χ3n) is 8.45. The molecule has 0 bridgehead atoms. The van der Waals surface area contributed by atoms with Gasteiger partial charge >= 0.3 is 5.97 Å². The van der Waals surface area contributed by atoms with E-state index < -0.39 is 42.1 Å². The summed E-state index contributed by atoms with van der Waals surface area (Å²) in [5, 5.41) is 15.9. The summed E-state index contributed by atoms with van der Waals surface area (Å²) < 4.78 is 21.0. The molecular formula is C36H44ClFN4O5. The molecule has 47 heavy (non-hydrogen) atoms. The number of hydrogen-bond acceptors (Lipinski definition) is 6. The van der Waals surface area contributed by atoms with E-state index in [0.29, 0.717) is 22.6 Å². The van der Waals surface area contributed by atoms with Gasteiger partial charge in [0.05, 0.1) is 18.6 Å². The average Bonchev–Trinajstić information content (AvgIpc) is 2.96. The van der Waals surface area contributed by atoms with Gasteiger partial charge in [0.2, 0.25) is 5.91 Å². The molecule has 0 saturated carbocycles. The van der Waals surface area contributed by atoms with Crippen molar-refractivity contribution in [2.24, 2.45) is 5.92 Å². The number of aryl methyl sites for hydroxylation is 3. The first kappa shape index (κ1) is 36.0. The number of ether oxygens (including phenoxy) is 1. The smallest absolute Gasteiger partial charge is 0.305 e. The van der Waals surface area contributed by atoms with Crippen LogP contribution >= 0.6 is 11.6 Å². The average molecular weight is 667 g/mol. The molecular weight excluding hydrogens is 623 g/mol. The highest BCUT2D eigenvalue weighted by Gasteiger charge is 2.30. The number of pyridine rings is 1. The van der Waals surface area contributed by atoms with E-state index >= 15 is 4.39 Å². The highest BCUT2D eigenvalue weighted by Crippen LogP contribution is 2.34. The Hall–Kier alpha value is -3.86. The molecule has 252 valence electrons.